The monoisotopic (exact) mass is 266 g/mol. The van der Waals surface area contributed by atoms with E-state index >= 15 is 0 Å². The van der Waals surface area contributed by atoms with Crippen LogP contribution in [0.2, 0.25) is 0 Å². The van der Waals surface area contributed by atoms with Gasteiger partial charge in [0.15, 0.2) is 0 Å². The highest BCUT2D eigenvalue weighted by molar-refractivity contribution is 5.85. The number of benzene rings is 1. The van der Waals surface area contributed by atoms with Crippen LogP contribution < -0.4 is 5.32 Å². The normalized spacial score (nSPS) is 16.8. The molecular weight excluding hydrogens is 248 g/mol. The highest BCUT2D eigenvalue weighted by atomic mass is 15.0. The van der Waals surface area contributed by atoms with Crippen LogP contribution >= 0.6 is 0 Å². The Morgan fingerprint density at radius 3 is 2.90 bits per heavy atom. The van der Waals surface area contributed by atoms with Crippen LogP contribution in [-0.4, -0.2) is 27.6 Å². The van der Waals surface area contributed by atoms with Crippen LogP contribution in [0.5, 0.6) is 0 Å². The van der Waals surface area contributed by atoms with Crippen molar-refractivity contribution in [2.75, 3.05) is 13.1 Å². The average Bonchev–Trinajstić information content (AvgIpc) is 3.17. The molecule has 4 heteroatoms. The van der Waals surface area contributed by atoms with Gasteiger partial charge in [0.2, 0.25) is 0 Å². The first-order valence-electron chi connectivity index (χ1n) is 7.22. The molecule has 0 aliphatic carbocycles. The molecule has 1 aliphatic rings. The molecular formula is C16H18N4. The van der Waals surface area contributed by atoms with Crippen molar-refractivity contribution in [1.82, 2.24) is 19.9 Å². The minimum absolute atomic E-state index is 0.669. The van der Waals surface area contributed by atoms with Gasteiger partial charge in [-0.3, -0.25) is 0 Å². The van der Waals surface area contributed by atoms with Crippen LogP contribution in [0.1, 0.15) is 24.3 Å². The Hall–Kier alpha value is -2.07. The molecule has 2 N–H and O–H groups in total. The number of hydrogen-bond acceptors (Lipinski definition) is 2. The zero-order valence-electron chi connectivity index (χ0n) is 11.3. The average molecular weight is 266 g/mol. The van der Waals surface area contributed by atoms with E-state index in [9.17, 15) is 0 Å². The molecule has 3 aromatic rings. The fourth-order valence-electron chi connectivity index (χ4n) is 3.17. The van der Waals surface area contributed by atoms with Gasteiger partial charge in [0.25, 0.3) is 0 Å². The number of hydrogen-bond donors (Lipinski definition) is 2. The largest absolute Gasteiger partial charge is 0.361 e. The Kier molecular flexibility index (Phi) is 2.81. The summed E-state index contributed by atoms with van der Waals surface area (Å²) in [5.74, 6) is 0.669. The van der Waals surface area contributed by atoms with Crippen LogP contribution in [-0.2, 0) is 0 Å². The molecule has 102 valence electrons. The summed E-state index contributed by atoms with van der Waals surface area (Å²) in [4.78, 5) is 7.54. The van der Waals surface area contributed by atoms with E-state index in [1.807, 2.05) is 18.7 Å². The summed E-state index contributed by atoms with van der Waals surface area (Å²) in [7, 11) is 0. The van der Waals surface area contributed by atoms with E-state index in [0.29, 0.717) is 5.92 Å². The summed E-state index contributed by atoms with van der Waals surface area (Å²) < 4.78 is 2.05. The standard InChI is InChI=1S/C16H18N4/c1-2-16-14(9-13(1)20-8-7-18-11-20)15(10-19-16)12-3-5-17-6-4-12/h1-2,7-12,17,19H,3-6H2. The van der Waals surface area contributed by atoms with Crippen LogP contribution in [0.15, 0.2) is 43.1 Å². The minimum atomic E-state index is 0.669. The highest BCUT2D eigenvalue weighted by Gasteiger charge is 2.18. The lowest BCUT2D eigenvalue weighted by atomic mass is 9.90. The van der Waals surface area contributed by atoms with E-state index in [-0.39, 0.29) is 0 Å². The second kappa shape index (κ2) is 4.80. The third-order valence-electron chi connectivity index (χ3n) is 4.28. The maximum atomic E-state index is 4.13. The van der Waals surface area contributed by atoms with Gasteiger partial charge in [-0.15, -0.1) is 0 Å². The second-order valence-electron chi connectivity index (χ2n) is 5.47. The Morgan fingerprint density at radius 2 is 2.10 bits per heavy atom. The van der Waals surface area contributed by atoms with Gasteiger partial charge in [-0.25, -0.2) is 4.98 Å². The molecule has 2 aromatic heterocycles. The summed E-state index contributed by atoms with van der Waals surface area (Å²) in [6.07, 6.45) is 10.3. The van der Waals surface area contributed by atoms with Crippen molar-refractivity contribution in [3.05, 3.63) is 48.7 Å². The van der Waals surface area contributed by atoms with E-state index in [4.69, 9.17) is 0 Å². The molecule has 1 fully saturated rings. The number of H-pyrrole nitrogens is 1. The molecule has 0 atom stereocenters. The second-order valence-corrected chi connectivity index (χ2v) is 5.47. The number of aromatic amines is 1. The Morgan fingerprint density at radius 1 is 1.20 bits per heavy atom. The molecule has 0 unspecified atom stereocenters. The van der Waals surface area contributed by atoms with Crippen LogP contribution in [0.4, 0.5) is 0 Å². The first-order chi connectivity index (χ1) is 9.92. The molecule has 1 aliphatic heterocycles. The van der Waals surface area contributed by atoms with Crippen molar-refractivity contribution >= 4 is 10.9 Å². The van der Waals surface area contributed by atoms with Crippen molar-refractivity contribution in [3.8, 4) is 5.69 Å². The minimum Gasteiger partial charge on any atom is -0.361 e. The number of rotatable bonds is 2. The SMILES string of the molecule is c1cn(-c2ccc3[nH]cc(C4CCNCC4)c3c2)cn1. The predicted molar refractivity (Wildman–Crippen MR) is 80.3 cm³/mol. The maximum Gasteiger partial charge on any atom is 0.0991 e. The number of nitrogens with one attached hydrogen (secondary N) is 2. The van der Waals surface area contributed by atoms with E-state index in [1.54, 1.807) is 0 Å². The van der Waals surface area contributed by atoms with Crippen molar-refractivity contribution in [3.63, 3.8) is 0 Å². The van der Waals surface area contributed by atoms with E-state index < -0.39 is 0 Å². The van der Waals surface area contributed by atoms with E-state index in [2.05, 4.69) is 44.2 Å². The summed E-state index contributed by atoms with van der Waals surface area (Å²) in [6.45, 7) is 2.25. The van der Waals surface area contributed by atoms with Gasteiger partial charge in [0.1, 0.15) is 0 Å². The number of imidazole rings is 1. The van der Waals surface area contributed by atoms with Crippen LogP contribution in [0.25, 0.3) is 16.6 Å². The van der Waals surface area contributed by atoms with Gasteiger partial charge in [0, 0.05) is 35.2 Å². The number of piperidine rings is 1. The highest BCUT2D eigenvalue weighted by Crippen LogP contribution is 2.32. The molecule has 3 heterocycles. The lowest BCUT2D eigenvalue weighted by molar-refractivity contribution is 0.462. The molecule has 4 rings (SSSR count). The van der Waals surface area contributed by atoms with Crippen molar-refractivity contribution in [2.45, 2.75) is 18.8 Å². The molecule has 0 amide bonds. The molecule has 1 aromatic carbocycles. The third kappa shape index (κ3) is 1.93. The van der Waals surface area contributed by atoms with Gasteiger partial charge in [-0.2, -0.15) is 0 Å². The van der Waals surface area contributed by atoms with Gasteiger partial charge in [-0.05, 0) is 55.6 Å². The van der Waals surface area contributed by atoms with Crippen molar-refractivity contribution in [2.24, 2.45) is 0 Å². The summed E-state index contributed by atoms with van der Waals surface area (Å²) in [5, 5.41) is 4.79. The maximum absolute atomic E-state index is 4.13. The van der Waals surface area contributed by atoms with Gasteiger partial charge >= 0.3 is 0 Å². The number of fused-ring (bicyclic) bond motifs is 1. The third-order valence-corrected chi connectivity index (χ3v) is 4.28. The van der Waals surface area contributed by atoms with Gasteiger partial charge < -0.3 is 14.9 Å². The van der Waals surface area contributed by atoms with Gasteiger partial charge in [-0.1, -0.05) is 0 Å². The lowest BCUT2D eigenvalue weighted by Gasteiger charge is -2.22. The Balaban J connectivity index is 1.79. The summed E-state index contributed by atoms with van der Waals surface area (Å²) >= 11 is 0. The molecule has 0 radical (unpaired) electrons. The van der Waals surface area contributed by atoms with E-state index in [0.717, 1.165) is 13.1 Å². The predicted octanol–water partition coefficient (Wildman–Crippen LogP) is 2.82. The molecule has 1 saturated heterocycles. The fourth-order valence-corrected chi connectivity index (χ4v) is 3.17. The first-order valence-corrected chi connectivity index (χ1v) is 7.22. The molecule has 0 spiro atoms. The van der Waals surface area contributed by atoms with Gasteiger partial charge in [0.05, 0.1) is 6.33 Å². The fraction of sp³-hybridized carbons (Fsp3) is 0.312. The first kappa shape index (κ1) is 11.7. The summed E-state index contributed by atoms with van der Waals surface area (Å²) in [5.41, 5.74) is 3.86. The number of nitrogens with zero attached hydrogens (tertiary/aromatic N) is 2. The Labute approximate surface area is 117 Å². The molecule has 20 heavy (non-hydrogen) atoms. The van der Waals surface area contributed by atoms with Crippen molar-refractivity contribution < 1.29 is 0 Å². The topological polar surface area (TPSA) is 45.6 Å². The molecule has 4 nitrogen and oxygen atoms in total. The van der Waals surface area contributed by atoms with Crippen LogP contribution in [0, 0.1) is 0 Å². The lowest BCUT2D eigenvalue weighted by Crippen LogP contribution is -2.26. The zero-order chi connectivity index (χ0) is 13.4. The molecule has 0 saturated carbocycles. The van der Waals surface area contributed by atoms with Crippen LogP contribution in [0.3, 0.4) is 0 Å². The zero-order valence-corrected chi connectivity index (χ0v) is 11.3. The Bertz CT molecular complexity index is 705. The van der Waals surface area contributed by atoms with Crippen molar-refractivity contribution in [1.29, 1.82) is 0 Å². The van der Waals surface area contributed by atoms with E-state index in [1.165, 1.54) is 35.0 Å². The molecule has 0 bridgehead atoms. The quantitative estimate of drug-likeness (QED) is 0.749. The summed E-state index contributed by atoms with van der Waals surface area (Å²) in [6, 6.07) is 6.56. The number of aromatic nitrogens is 3. The smallest absolute Gasteiger partial charge is 0.0991 e.